The summed E-state index contributed by atoms with van der Waals surface area (Å²) in [6, 6.07) is 9.37. The Kier molecular flexibility index (Phi) is 5.48. The lowest BCUT2D eigenvalue weighted by Gasteiger charge is -2.12. The van der Waals surface area contributed by atoms with Crippen molar-refractivity contribution < 1.29 is 14.3 Å². The minimum atomic E-state index is -0.00998. The van der Waals surface area contributed by atoms with Gasteiger partial charge in [-0.25, -0.2) is 0 Å². The molecule has 2 heterocycles. The average molecular weight is 329 g/mol. The predicted octanol–water partition coefficient (Wildman–Crippen LogP) is 2.55. The highest BCUT2D eigenvalue weighted by molar-refractivity contribution is 5.90. The van der Waals surface area contributed by atoms with E-state index in [0.717, 1.165) is 36.6 Å². The summed E-state index contributed by atoms with van der Waals surface area (Å²) in [6.45, 7) is 1.41. The van der Waals surface area contributed by atoms with E-state index < -0.39 is 0 Å². The van der Waals surface area contributed by atoms with E-state index >= 15 is 0 Å². The molecule has 0 saturated carbocycles. The molecule has 1 aliphatic rings. The number of hydrogen-bond donors (Lipinski definition) is 1. The first-order valence-electron chi connectivity index (χ1n) is 8.32. The van der Waals surface area contributed by atoms with Crippen molar-refractivity contribution in [1.29, 1.82) is 0 Å². The van der Waals surface area contributed by atoms with E-state index in [1.807, 2.05) is 37.4 Å². The summed E-state index contributed by atoms with van der Waals surface area (Å²) in [5, 5.41) is 7.00. The van der Waals surface area contributed by atoms with Crippen molar-refractivity contribution in [1.82, 2.24) is 9.78 Å². The Morgan fingerprint density at radius 2 is 2.21 bits per heavy atom. The number of carbonyl (C=O) groups is 1. The largest absolute Gasteiger partial charge is 0.491 e. The summed E-state index contributed by atoms with van der Waals surface area (Å²) in [6.07, 6.45) is 5.21. The minimum Gasteiger partial charge on any atom is -0.491 e. The van der Waals surface area contributed by atoms with Crippen molar-refractivity contribution in [2.75, 3.05) is 18.5 Å². The third kappa shape index (κ3) is 4.58. The highest BCUT2D eigenvalue weighted by Gasteiger charge is 2.15. The quantitative estimate of drug-likeness (QED) is 0.848. The van der Waals surface area contributed by atoms with Gasteiger partial charge in [0.15, 0.2) is 0 Å². The molecule has 128 valence electrons. The van der Waals surface area contributed by atoms with E-state index in [2.05, 4.69) is 10.4 Å². The van der Waals surface area contributed by atoms with Gasteiger partial charge in [-0.1, -0.05) is 0 Å². The normalized spacial score (nSPS) is 17.0. The standard InChI is InChI=1S/C18H23N3O3/c1-21-15(10-11-19-21)6-9-18(22)20-14-4-7-16(8-5-14)24-13-17-3-2-12-23-17/h4-5,7-8,10-11,17H,2-3,6,9,12-13H2,1H3,(H,20,22). The van der Waals surface area contributed by atoms with Gasteiger partial charge < -0.3 is 14.8 Å². The summed E-state index contributed by atoms with van der Waals surface area (Å²) in [5.74, 6) is 0.780. The number of amides is 1. The average Bonchev–Trinajstić information content (AvgIpc) is 3.24. The minimum absolute atomic E-state index is 0.00998. The number of anilines is 1. The molecule has 1 N–H and O–H groups in total. The molecular formula is C18H23N3O3. The molecule has 0 bridgehead atoms. The van der Waals surface area contributed by atoms with Crippen LogP contribution in [0.4, 0.5) is 5.69 Å². The second-order valence-corrected chi connectivity index (χ2v) is 5.96. The number of rotatable bonds is 7. The van der Waals surface area contributed by atoms with Gasteiger partial charge in [0.2, 0.25) is 5.91 Å². The molecular weight excluding hydrogens is 306 g/mol. The van der Waals surface area contributed by atoms with Gasteiger partial charge in [0.05, 0.1) is 6.10 Å². The van der Waals surface area contributed by atoms with E-state index in [0.29, 0.717) is 19.4 Å². The van der Waals surface area contributed by atoms with Gasteiger partial charge in [0.1, 0.15) is 12.4 Å². The van der Waals surface area contributed by atoms with E-state index in [1.54, 1.807) is 10.9 Å². The molecule has 0 radical (unpaired) electrons. The van der Waals surface area contributed by atoms with Crippen LogP contribution in [-0.2, 0) is 23.0 Å². The van der Waals surface area contributed by atoms with Crippen molar-refractivity contribution in [2.24, 2.45) is 7.05 Å². The Hall–Kier alpha value is -2.34. The molecule has 6 heteroatoms. The molecule has 1 fully saturated rings. The summed E-state index contributed by atoms with van der Waals surface area (Å²) in [5.41, 5.74) is 1.82. The number of benzene rings is 1. The molecule has 1 atom stereocenters. The van der Waals surface area contributed by atoms with Crippen LogP contribution in [-0.4, -0.2) is 35.0 Å². The van der Waals surface area contributed by atoms with Crippen LogP contribution < -0.4 is 10.1 Å². The van der Waals surface area contributed by atoms with Crippen LogP contribution in [0.15, 0.2) is 36.5 Å². The predicted molar refractivity (Wildman–Crippen MR) is 91.1 cm³/mol. The first-order valence-corrected chi connectivity index (χ1v) is 8.32. The number of nitrogens with one attached hydrogen (secondary N) is 1. The Bertz CT molecular complexity index is 660. The molecule has 1 aromatic carbocycles. The molecule has 1 aliphatic heterocycles. The monoisotopic (exact) mass is 329 g/mol. The second kappa shape index (κ2) is 7.97. The van der Waals surface area contributed by atoms with Crippen molar-refractivity contribution in [3.63, 3.8) is 0 Å². The van der Waals surface area contributed by atoms with Crippen LogP contribution in [0.25, 0.3) is 0 Å². The van der Waals surface area contributed by atoms with Crippen LogP contribution in [0.2, 0.25) is 0 Å². The summed E-state index contributed by atoms with van der Waals surface area (Å²) < 4.78 is 13.0. The molecule has 1 amide bonds. The smallest absolute Gasteiger partial charge is 0.224 e. The summed E-state index contributed by atoms with van der Waals surface area (Å²) >= 11 is 0. The third-order valence-corrected chi connectivity index (χ3v) is 4.13. The fourth-order valence-corrected chi connectivity index (χ4v) is 2.71. The summed E-state index contributed by atoms with van der Waals surface area (Å²) in [4.78, 5) is 12.0. The maximum absolute atomic E-state index is 12.0. The Balaban J connectivity index is 1.43. The zero-order chi connectivity index (χ0) is 16.8. The van der Waals surface area contributed by atoms with Gasteiger partial charge in [0, 0.05) is 37.7 Å². The lowest BCUT2D eigenvalue weighted by atomic mass is 10.2. The van der Waals surface area contributed by atoms with E-state index in [9.17, 15) is 4.79 Å². The van der Waals surface area contributed by atoms with Crippen LogP contribution in [0.3, 0.4) is 0 Å². The zero-order valence-electron chi connectivity index (χ0n) is 13.9. The van der Waals surface area contributed by atoms with Crippen molar-refractivity contribution in [3.05, 3.63) is 42.2 Å². The van der Waals surface area contributed by atoms with E-state index in [4.69, 9.17) is 9.47 Å². The molecule has 24 heavy (non-hydrogen) atoms. The van der Waals surface area contributed by atoms with Gasteiger partial charge in [-0.3, -0.25) is 9.48 Å². The zero-order valence-corrected chi connectivity index (χ0v) is 13.9. The van der Waals surface area contributed by atoms with Gasteiger partial charge in [-0.15, -0.1) is 0 Å². The maximum Gasteiger partial charge on any atom is 0.224 e. The number of hydrogen-bond acceptors (Lipinski definition) is 4. The molecule has 6 nitrogen and oxygen atoms in total. The lowest BCUT2D eigenvalue weighted by Crippen LogP contribution is -2.16. The van der Waals surface area contributed by atoms with Crippen LogP contribution in [0.1, 0.15) is 25.0 Å². The topological polar surface area (TPSA) is 65.4 Å². The van der Waals surface area contributed by atoms with Gasteiger partial charge >= 0.3 is 0 Å². The number of aryl methyl sites for hydroxylation is 2. The maximum atomic E-state index is 12.0. The van der Waals surface area contributed by atoms with Crippen molar-refractivity contribution in [3.8, 4) is 5.75 Å². The number of carbonyl (C=O) groups excluding carboxylic acids is 1. The second-order valence-electron chi connectivity index (χ2n) is 5.96. The number of ether oxygens (including phenoxy) is 2. The van der Waals surface area contributed by atoms with Crippen LogP contribution >= 0.6 is 0 Å². The third-order valence-electron chi connectivity index (χ3n) is 4.13. The van der Waals surface area contributed by atoms with E-state index in [1.165, 1.54) is 0 Å². The fraction of sp³-hybridized carbons (Fsp3) is 0.444. The number of aromatic nitrogens is 2. The highest BCUT2D eigenvalue weighted by Crippen LogP contribution is 2.18. The van der Waals surface area contributed by atoms with E-state index in [-0.39, 0.29) is 12.0 Å². The van der Waals surface area contributed by atoms with Crippen molar-refractivity contribution >= 4 is 11.6 Å². The van der Waals surface area contributed by atoms with Gasteiger partial charge in [-0.05, 0) is 49.6 Å². The summed E-state index contributed by atoms with van der Waals surface area (Å²) in [7, 11) is 1.88. The van der Waals surface area contributed by atoms with Crippen LogP contribution in [0.5, 0.6) is 5.75 Å². The number of nitrogens with zero attached hydrogens (tertiary/aromatic N) is 2. The first kappa shape index (κ1) is 16.5. The Morgan fingerprint density at radius 3 is 2.88 bits per heavy atom. The molecule has 1 saturated heterocycles. The molecule has 0 aliphatic carbocycles. The highest BCUT2D eigenvalue weighted by atomic mass is 16.5. The molecule has 2 aromatic rings. The molecule has 3 rings (SSSR count). The first-order chi connectivity index (χ1) is 11.7. The molecule has 1 unspecified atom stereocenters. The molecule has 0 spiro atoms. The van der Waals surface area contributed by atoms with Crippen LogP contribution in [0, 0.1) is 0 Å². The fourth-order valence-electron chi connectivity index (χ4n) is 2.71. The van der Waals surface area contributed by atoms with Gasteiger partial charge in [-0.2, -0.15) is 5.10 Å². The van der Waals surface area contributed by atoms with Gasteiger partial charge in [0.25, 0.3) is 0 Å². The van der Waals surface area contributed by atoms with Crippen molar-refractivity contribution in [2.45, 2.75) is 31.8 Å². The SMILES string of the molecule is Cn1nccc1CCC(=O)Nc1ccc(OCC2CCCO2)cc1. The lowest BCUT2D eigenvalue weighted by molar-refractivity contribution is -0.116. The Morgan fingerprint density at radius 1 is 1.38 bits per heavy atom. The molecule has 1 aromatic heterocycles. The Labute approximate surface area is 141 Å².